The molecule has 0 fully saturated rings. The number of para-hydroxylation sites is 1. The van der Waals surface area contributed by atoms with Gasteiger partial charge < -0.3 is 15.2 Å². The second-order valence-corrected chi connectivity index (χ2v) is 3.53. The first-order valence-electron chi connectivity index (χ1n) is 5.15. The molecule has 1 rings (SSSR count). The van der Waals surface area contributed by atoms with Gasteiger partial charge in [-0.05, 0) is 18.6 Å². The van der Waals surface area contributed by atoms with E-state index in [4.69, 9.17) is 10.5 Å². The number of ether oxygens (including phenoxy) is 2. The molecule has 1 atom stereocenters. The molecule has 1 aromatic carbocycles. The van der Waals surface area contributed by atoms with Gasteiger partial charge in [-0.25, -0.2) is 4.79 Å². The van der Waals surface area contributed by atoms with Crippen LogP contribution in [0.25, 0.3) is 0 Å². The van der Waals surface area contributed by atoms with Crippen LogP contribution in [0.4, 0.5) is 5.69 Å². The summed E-state index contributed by atoms with van der Waals surface area (Å²) in [6.07, 6.45) is -0.869. The number of benzene rings is 1. The fourth-order valence-electron chi connectivity index (χ4n) is 1.30. The summed E-state index contributed by atoms with van der Waals surface area (Å²) in [6, 6.07) is 7.00. The number of rotatable bonds is 4. The number of anilines is 1. The first kappa shape index (κ1) is 13.0. The monoisotopic (exact) mass is 237 g/mol. The summed E-state index contributed by atoms with van der Waals surface area (Å²) in [5.41, 5.74) is 6.89. The van der Waals surface area contributed by atoms with Gasteiger partial charge in [-0.1, -0.05) is 18.2 Å². The van der Waals surface area contributed by atoms with Crippen molar-refractivity contribution < 1.29 is 19.1 Å². The van der Waals surface area contributed by atoms with E-state index in [2.05, 4.69) is 4.74 Å². The average Bonchev–Trinajstić information content (AvgIpc) is 2.31. The number of hydrogen-bond donors (Lipinski definition) is 1. The predicted octanol–water partition coefficient (Wildman–Crippen LogP) is 0.916. The maximum atomic E-state index is 11.5. The van der Waals surface area contributed by atoms with Gasteiger partial charge in [0.25, 0.3) is 0 Å². The highest BCUT2D eigenvalue weighted by Crippen LogP contribution is 2.12. The molecule has 0 aromatic heterocycles. The molecule has 17 heavy (non-hydrogen) atoms. The highest BCUT2D eigenvalue weighted by molar-refractivity contribution is 5.80. The average molecular weight is 237 g/mol. The summed E-state index contributed by atoms with van der Waals surface area (Å²) in [6.45, 7) is 1.46. The lowest BCUT2D eigenvalue weighted by Gasteiger charge is -2.11. The third-order valence-electron chi connectivity index (χ3n) is 2.23. The summed E-state index contributed by atoms with van der Waals surface area (Å²) in [5, 5.41) is 0. The highest BCUT2D eigenvalue weighted by Gasteiger charge is 2.18. The Hall–Kier alpha value is -2.04. The van der Waals surface area contributed by atoms with E-state index in [0.717, 1.165) is 0 Å². The maximum absolute atomic E-state index is 11.5. The molecule has 0 spiro atoms. The summed E-state index contributed by atoms with van der Waals surface area (Å²) >= 11 is 0. The van der Waals surface area contributed by atoms with E-state index in [1.54, 1.807) is 24.3 Å². The molecular weight excluding hydrogens is 222 g/mol. The minimum Gasteiger partial charge on any atom is -0.466 e. The van der Waals surface area contributed by atoms with Gasteiger partial charge in [-0.2, -0.15) is 0 Å². The summed E-state index contributed by atoms with van der Waals surface area (Å²) in [7, 11) is 1.24. The Bertz CT molecular complexity index is 417. The van der Waals surface area contributed by atoms with Crippen molar-refractivity contribution in [3.05, 3.63) is 29.8 Å². The van der Waals surface area contributed by atoms with Gasteiger partial charge in [0.15, 0.2) is 6.10 Å². The summed E-state index contributed by atoms with van der Waals surface area (Å²) in [5.74, 6) is -1.10. The van der Waals surface area contributed by atoms with Gasteiger partial charge in [-0.3, -0.25) is 4.79 Å². The Labute approximate surface area is 99.5 Å². The molecule has 5 heteroatoms. The van der Waals surface area contributed by atoms with Crippen LogP contribution in [-0.4, -0.2) is 25.2 Å². The van der Waals surface area contributed by atoms with E-state index in [0.29, 0.717) is 11.3 Å². The third-order valence-corrected chi connectivity index (χ3v) is 2.23. The molecule has 0 amide bonds. The molecule has 0 aliphatic rings. The van der Waals surface area contributed by atoms with Gasteiger partial charge in [0.05, 0.1) is 13.5 Å². The normalized spacial score (nSPS) is 11.6. The second-order valence-electron chi connectivity index (χ2n) is 3.53. The third kappa shape index (κ3) is 3.79. The zero-order valence-corrected chi connectivity index (χ0v) is 9.80. The van der Waals surface area contributed by atoms with Crippen LogP contribution < -0.4 is 5.73 Å². The molecular formula is C12H15NO4. The lowest BCUT2D eigenvalue weighted by atomic mass is 10.1. The van der Waals surface area contributed by atoms with Crippen molar-refractivity contribution in [3.8, 4) is 0 Å². The van der Waals surface area contributed by atoms with Crippen molar-refractivity contribution in [1.29, 1.82) is 0 Å². The molecule has 2 N–H and O–H groups in total. The van der Waals surface area contributed by atoms with Crippen LogP contribution in [0.3, 0.4) is 0 Å². The van der Waals surface area contributed by atoms with Crippen molar-refractivity contribution >= 4 is 17.6 Å². The molecule has 0 aliphatic heterocycles. The molecule has 0 radical (unpaired) electrons. The smallest absolute Gasteiger partial charge is 0.346 e. The van der Waals surface area contributed by atoms with Crippen LogP contribution >= 0.6 is 0 Å². The second kappa shape index (κ2) is 5.89. The first-order valence-corrected chi connectivity index (χ1v) is 5.15. The Morgan fingerprint density at radius 2 is 2.00 bits per heavy atom. The number of carbonyl (C=O) groups is 2. The van der Waals surface area contributed by atoms with E-state index in [1.807, 2.05) is 0 Å². The van der Waals surface area contributed by atoms with Crippen molar-refractivity contribution in [2.75, 3.05) is 12.8 Å². The van der Waals surface area contributed by atoms with Gasteiger partial charge in [0, 0.05) is 5.69 Å². The molecule has 1 aromatic rings. The zero-order valence-electron chi connectivity index (χ0n) is 9.80. The fourth-order valence-corrected chi connectivity index (χ4v) is 1.30. The van der Waals surface area contributed by atoms with E-state index < -0.39 is 18.0 Å². The molecule has 0 heterocycles. The topological polar surface area (TPSA) is 78.6 Å². The first-order chi connectivity index (χ1) is 8.04. The molecule has 0 saturated heterocycles. The zero-order chi connectivity index (χ0) is 12.8. The number of nitrogens with two attached hydrogens (primary N) is 1. The van der Waals surface area contributed by atoms with Gasteiger partial charge in [0.1, 0.15) is 0 Å². The molecule has 0 aliphatic carbocycles. The van der Waals surface area contributed by atoms with Crippen molar-refractivity contribution in [2.24, 2.45) is 0 Å². The summed E-state index contributed by atoms with van der Waals surface area (Å²) < 4.78 is 9.34. The molecule has 5 nitrogen and oxygen atoms in total. The van der Waals surface area contributed by atoms with E-state index in [-0.39, 0.29) is 6.42 Å². The van der Waals surface area contributed by atoms with Crippen LogP contribution in [0.15, 0.2) is 24.3 Å². The Kier molecular flexibility index (Phi) is 4.51. The maximum Gasteiger partial charge on any atom is 0.346 e. The number of methoxy groups -OCH3 is 1. The summed E-state index contributed by atoms with van der Waals surface area (Å²) in [4.78, 5) is 22.6. The standard InChI is InChI=1S/C12H15NO4/c1-8(12(15)16-2)17-11(14)7-9-5-3-4-6-10(9)13/h3-6,8H,7,13H2,1-2H3. The number of hydrogen-bond acceptors (Lipinski definition) is 5. The largest absolute Gasteiger partial charge is 0.466 e. The minimum atomic E-state index is -0.905. The van der Waals surface area contributed by atoms with E-state index in [9.17, 15) is 9.59 Å². The molecule has 0 saturated carbocycles. The van der Waals surface area contributed by atoms with Crippen molar-refractivity contribution in [1.82, 2.24) is 0 Å². The van der Waals surface area contributed by atoms with Crippen LogP contribution in [0, 0.1) is 0 Å². The molecule has 1 unspecified atom stereocenters. The predicted molar refractivity (Wildman–Crippen MR) is 62.1 cm³/mol. The van der Waals surface area contributed by atoms with Crippen LogP contribution in [0.1, 0.15) is 12.5 Å². The lowest BCUT2D eigenvalue weighted by Crippen LogP contribution is -2.26. The lowest BCUT2D eigenvalue weighted by molar-refractivity contribution is -0.164. The van der Waals surface area contributed by atoms with Crippen LogP contribution in [-0.2, 0) is 25.5 Å². The van der Waals surface area contributed by atoms with Gasteiger partial charge in [-0.15, -0.1) is 0 Å². The van der Waals surface area contributed by atoms with Gasteiger partial charge in [0.2, 0.25) is 0 Å². The molecule has 0 bridgehead atoms. The number of nitrogen functional groups attached to an aromatic ring is 1. The van der Waals surface area contributed by atoms with E-state index >= 15 is 0 Å². The number of esters is 2. The van der Waals surface area contributed by atoms with Crippen LogP contribution in [0.5, 0.6) is 0 Å². The number of carbonyl (C=O) groups excluding carboxylic acids is 2. The van der Waals surface area contributed by atoms with Crippen LogP contribution in [0.2, 0.25) is 0 Å². The Balaban J connectivity index is 2.56. The highest BCUT2D eigenvalue weighted by atomic mass is 16.6. The molecule has 92 valence electrons. The van der Waals surface area contributed by atoms with Gasteiger partial charge >= 0.3 is 11.9 Å². The van der Waals surface area contributed by atoms with Crippen molar-refractivity contribution in [2.45, 2.75) is 19.4 Å². The van der Waals surface area contributed by atoms with E-state index in [1.165, 1.54) is 14.0 Å². The fraction of sp³-hybridized carbons (Fsp3) is 0.333. The Morgan fingerprint density at radius 1 is 1.35 bits per heavy atom. The van der Waals surface area contributed by atoms with Crippen molar-refractivity contribution in [3.63, 3.8) is 0 Å². The minimum absolute atomic E-state index is 0.0357. The SMILES string of the molecule is COC(=O)C(C)OC(=O)Cc1ccccc1N. The quantitative estimate of drug-likeness (QED) is 0.622. The Morgan fingerprint density at radius 3 is 2.59 bits per heavy atom.